The lowest BCUT2D eigenvalue weighted by atomic mass is 10.2. The number of rotatable bonds is 7. The van der Waals surface area contributed by atoms with Crippen LogP contribution in [0.25, 0.3) is 0 Å². The van der Waals surface area contributed by atoms with Gasteiger partial charge in [0.05, 0.1) is 16.3 Å². The summed E-state index contributed by atoms with van der Waals surface area (Å²) in [4.78, 5) is 3.96. The van der Waals surface area contributed by atoms with Crippen molar-refractivity contribution in [3.05, 3.63) is 42.5 Å². The van der Waals surface area contributed by atoms with Crippen molar-refractivity contribution in [3.8, 4) is 0 Å². The highest BCUT2D eigenvalue weighted by Gasteiger charge is 2.17. The molecule has 1 heterocycles. The van der Waals surface area contributed by atoms with E-state index in [-0.39, 0.29) is 16.3 Å². The molecule has 1 aromatic heterocycles. The molecule has 3 N–H and O–H groups in total. The van der Waals surface area contributed by atoms with Crippen LogP contribution in [0.3, 0.4) is 0 Å². The minimum atomic E-state index is -3.86. The second-order valence-corrected chi connectivity index (χ2v) is 9.06. The van der Waals surface area contributed by atoms with Gasteiger partial charge in [-0.1, -0.05) is 13.8 Å². The summed E-state index contributed by atoms with van der Waals surface area (Å²) in [7, 11) is -7.64. The van der Waals surface area contributed by atoms with Crippen LogP contribution in [0.15, 0.2) is 46.5 Å². The second kappa shape index (κ2) is 7.01. The van der Waals surface area contributed by atoms with Gasteiger partial charge in [-0.25, -0.2) is 31.7 Å². The molecule has 0 saturated heterocycles. The summed E-state index contributed by atoms with van der Waals surface area (Å²) in [6, 6.07) is 4.71. The molecule has 0 aliphatic carbocycles. The third-order valence-corrected chi connectivity index (χ3v) is 5.59. The summed E-state index contributed by atoms with van der Waals surface area (Å²) in [5.41, 5.74) is 0. The number of hydrogen-bond acceptors (Lipinski definition) is 5. The lowest BCUT2D eigenvalue weighted by molar-refractivity contribution is 0.502. The Hall–Kier alpha value is -1.75. The highest BCUT2D eigenvalue weighted by atomic mass is 32.2. The molecule has 8 nitrogen and oxygen atoms in total. The van der Waals surface area contributed by atoms with Gasteiger partial charge < -0.3 is 4.57 Å². The lowest BCUT2D eigenvalue weighted by Gasteiger charge is -2.11. The monoisotopic (exact) mass is 372 g/mol. The van der Waals surface area contributed by atoms with Gasteiger partial charge in [0, 0.05) is 18.9 Å². The maximum absolute atomic E-state index is 12.3. The first kappa shape index (κ1) is 18.6. The second-order valence-electron chi connectivity index (χ2n) is 5.73. The van der Waals surface area contributed by atoms with E-state index in [1.165, 1.54) is 12.1 Å². The molecule has 2 aromatic rings. The van der Waals surface area contributed by atoms with Crippen molar-refractivity contribution in [1.82, 2.24) is 14.3 Å². The van der Waals surface area contributed by atoms with Crippen LogP contribution in [-0.2, 0) is 33.1 Å². The molecule has 10 heteroatoms. The van der Waals surface area contributed by atoms with Gasteiger partial charge >= 0.3 is 0 Å². The van der Waals surface area contributed by atoms with Gasteiger partial charge in [-0.15, -0.1) is 0 Å². The summed E-state index contributed by atoms with van der Waals surface area (Å²) >= 11 is 0. The Kier molecular flexibility index (Phi) is 5.43. The first-order valence-electron chi connectivity index (χ1n) is 7.22. The maximum Gasteiger partial charge on any atom is 0.240 e. The smallest absolute Gasteiger partial charge is 0.240 e. The van der Waals surface area contributed by atoms with Crippen molar-refractivity contribution in [2.45, 2.75) is 36.7 Å². The van der Waals surface area contributed by atoms with Crippen molar-refractivity contribution in [3.63, 3.8) is 0 Å². The molecule has 0 amide bonds. The molecule has 0 aliphatic heterocycles. The van der Waals surface area contributed by atoms with Crippen LogP contribution in [0, 0.1) is 5.92 Å². The van der Waals surface area contributed by atoms with Gasteiger partial charge in [-0.05, 0) is 30.2 Å². The van der Waals surface area contributed by atoms with E-state index in [0.29, 0.717) is 11.7 Å². The third-order valence-electron chi connectivity index (χ3n) is 3.25. The molecular weight excluding hydrogens is 352 g/mol. The number of nitrogens with one attached hydrogen (secondary N) is 1. The Morgan fingerprint density at radius 1 is 1.12 bits per heavy atom. The van der Waals surface area contributed by atoms with Crippen molar-refractivity contribution in [2.75, 3.05) is 0 Å². The molecule has 0 spiro atoms. The van der Waals surface area contributed by atoms with E-state index in [4.69, 9.17) is 5.14 Å². The zero-order valence-corrected chi connectivity index (χ0v) is 15.0. The van der Waals surface area contributed by atoms with Gasteiger partial charge in [0.25, 0.3) is 0 Å². The van der Waals surface area contributed by atoms with E-state index in [0.717, 1.165) is 18.7 Å². The number of benzene rings is 1. The fourth-order valence-corrected chi connectivity index (χ4v) is 3.61. The Bertz CT molecular complexity index is 901. The van der Waals surface area contributed by atoms with Crippen molar-refractivity contribution in [2.24, 2.45) is 11.1 Å². The van der Waals surface area contributed by atoms with E-state index < -0.39 is 20.0 Å². The van der Waals surface area contributed by atoms with E-state index in [1.807, 2.05) is 4.57 Å². The zero-order valence-electron chi connectivity index (χ0n) is 13.4. The molecule has 0 radical (unpaired) electrons. The summed E-state index contributed by atoms with van der Waals surface area (Å²) in [5.74, 6) is 1.01. The van der Waals surface area contributed by atoms with E-state index in [1.54, 1.807) is 12.4 Å². The molecule has 0 aliphatic rings. The SMILES string of the molecule is CC(C)Cn1ccnc1CNS(=O)(=O)c1ccc(S(N)(=O)=O)cc1. The predicted molar refractivity (Wildman–Crippen MR) is 88.9 cm³/mol. The van der Waals surface area contributed by atoms with Crippen molar-refractivity contribution < 1.29 is 16.8 Å². The van der Waals surface area contributed by atoms with E-state index >= 15 is 0 Å². The van der Waals surface area contributed by atoms with Crippen LogP contribution in [-0.4, -0.2) is 26.4 Å². The summed E-state index contributed by atoms with van der Waals surface area (Å²) in [6.45, 7) is 4.89. The van der Waals surface area contributed by atoms with Crippen LogP contribution in [0.4, 0.5) is 0 Å². The standard InChI is InChI=1S/C14H20N4O4S2/c1-11(2)10-18-8-7-16-14(18)9-17-24(21,22)13-5-3-12(4-6-13)23(15,19)20/h3-8,11,17H,9-10H2,1-2H3,(H2,15,19,20). The zero-order chi connectivity index (χ0) is 18.0. The fraction of sp³-hybridized carbons (Fsp3) is 0.357. The molecule has 0 atom stereocenters. The summed E-state index contributed by atoms with van der Waals surface area (Å²) < 4.78 is 51.3. The molecule has 1 aromatic carbocycles. The fourth-order valence-electron chi connectivity index (χ4n) is 2.12. The Morgan fingerprint density at radius 3 is 2.25 bits per heavy atom. The number of imidazole rings is 1. The summed E-state index contributed by atoms with van der Waals surface area (Å²) in [5, 5.41) is 4.99. The molecule has 0 saturated carbocycles. The normalized spacial score (nSPS) is 12.7. The molecule has 132 valence electrons. The number of primary sulfonamides is 1. The third kappa shape index (κ3) is 4.63. The number of nitrogens with zero attached hydrogens (tertiary/aromatic N) is 2. The first-order chi connectivity index (χ1) is 11.1. The number of nitrogens with two attached hydrogens (primary N) is 1. The predicted octanol–water partition coefficient (Wildman–Crippen LogP) is 0.665. The number of sulfonamides is 2. The Balaban J connectivity index is 2.13. The van der Waals surface area contributed by atoms with E-state index in [9.17, 15) is 16.8 Å². The molecule has 2 rings (SSSR count). The van der Waals surface area contributed by atoms with Crippen LogP contribution in [0.5, 0.6) is 0 Å². The average molecular weight is 372 g/mol. The highest BCUT2D eigenvalue weighted by Crippen LogP contribution is 2.14. The van der Waals surface area contributed by atoms with Crippen LogP contribution >= 0.6 is 0 Å². The lowest BCUT2D eigenvalue weighted by Crippen LogP contribution is -2.25. The van der Waals surface area contributed by atoms with Gasteiger partial charge in [-0.2, -0.15) is 0 Å². The summed E-state index contributed by atoms with van der Waals surface area (Å²) in [6.07, 6.45) is 3.41. The van der Waals surface area contributed by atoms with Gasteiger partial charge in [0.15, 0.2) is 0 Å². The van der Waals surface area contributed by atoms with Crippen LogP contribution in [0.2, 0.25) is 0 Å². The minimum absolute atomic E-state index is 0.0407. The molecule has 0 fully saturated rings. The topological polar surface area (TPSA) is 124 Å². The first-order valence-corrected chi connectivity index (χ1v) is 10.2. The van der Waals surface area contributed by atoms with E-state index in [2.05, 4.69) is 23.6 Å². The highest BCUT2D eigenvalue weighted by molar-refractivity contribution is 7.89. The van der Waals surface area contributed by atoms with Gasteiger partial charge in [0.2, 0.25) is 20.0 Å². The minimum Gasteiger partial charge on any atom is -0.334 e. The quantitative estimate of drug-likeness (QED) is 0.739. The number of hydrogen-bond donors (Lipinski definition) is 2. The van der Waals surface area contributed by atoms with Crippen LogP contribution in [0.1, 0.15) is 19.7 Å². The molecule has 0 unspecified atom stereocenters. The van der Waals surface area contributed by atoms with Gasteiger partial charge in [-0.3, -0.25) is 0 Å². The largest absolute Gasteiger partial charge is 0.334 e. The molecular formula is C14H20N4O4S2. The Morgan fingerprint density at radius 2 is 1.71 bits per heavy atom. The van der Waals surface area contributed by atoms with Crippen molar-refractivity contribution >= 4 is 20.0 Å². The maximum atomic E-state index is 12.3. The Labute approximate surface area is 141 Å². The van der Waals surface area contributed by atoms with Crippen LogP contribution < -0.4 is 9.86 Å². The average Bonchev–Trinajstić information content (AvgIpc) is 2.91. The van der Waals surface area contributed by atoms with Gasteiger partial charge in [0.1, 0.15) is 5.82 Å². The molecule has 0 bridgehead atoms. The number of aromatic nitrogens is 2. The van der Waals surface area contributed by atoms with Crippen molar-refractivity contribution in [1.29, 1.82) is 0 Å². The molecule has 24 heavy (non-hydrogen) atoms.